The first-order chi connectivity index (χ1) is 15.3. The van der Waals surface area contributed by atoms with Crippen LogP contribution in [0.1, 0.15) is 41.8 Å². The summed E-state index contributed by atoms with van der Waals surface area (Å²) in [5, 5.41) is 21.3. The highest BCUT2D eigenvalue weighted by atomic mass is 79.9. The van der Waals surface area contributed by atoms with Gasteiger partial charge in [-0.25, -0.2) is 4.79 Å². The Kier molecular flexibility index (Phi) is 6.01. The molecule has 3 N–H and O–H groups in total. The molecule has 0 bridgehead atoms. The van der Waals surface area contributed by atoms with E-state index >= 15 is 0 Å². The molecular formula is C24H26BrN3O4. The lowest BCUT2D eigenvalue weighted by molar-refractivity contribution is -0.133. The van der Waals surface area contributed by atoms with E-state index in [2.05, 4.69) is 21.4 Å². The number of nitrogens with zero attached hydrogens (tertiary/aromatic N) is 2. The van der Waals surface area contributed by atoms with Gasteiger partial charge in [0.05, 0.1) is 29.4 Å². The molecule has 0 saturated carbocycles. The van der Waals surface area contributed by atoms with Crippen LogP contribution in [-0.4, -0.2) is 45.2 Å². The predicted molar refractivity (Wildman–Crippen MR) is 125 cm³/mol. The molecular weight excluding hydrogens is 474 g/mol. The van der Waals surface area contributed by atoms with E-state index in [9.17, 15) is 19.8 Å². The number of halogens is 1. The fourth-order valence-corrected chi connectivity index (χ4v) is 4.74. The molecule has 2 unspecified atom stereocenters. The third-order valence-corrected chi connectivity index (χ3v) is 6.89. The van der Waals surface area contributed by atoms with Gasteiger partial charge < -0.3 is 15.1 Å². The van der Waals surface area contributed by atoms with Gasteiger partial charge in [0.25, 0.3) is 5.91 Å². The number of aliphatic hydroxyl groups is 1. The SMILES string of the molecule is CCC1(C)C=C(C(=O)O)NN1c1ccc(Br)cc1C(=O)N1Cc2ccccc2CC1CO. The third kappa shape index (κ3) is 3.89. The van der Waals surface area contributed by atoms with Gasteiger partial charge in [-0.15, -0.1) is 0 Å². The number of hydrazine groups is 1. The Bertz CT molecular complexity index is 1100. The van der Waals surface area contributed by atoms with Crippen molar-refractivity contribution >= 4 is 33.5 Å². The summed E-state index contributed by atoms with van der Waals surface area (Å²) in [5.74, 6) is -1.26. The molecule has 0 spiro atoms. The van der Waals surface area contributed by atoms with E-state index in [4.69, 9.17) is 0 Å². The van der Waals surface area contributed by atoms with Gasteiger partial charge in [0.1, 0.15) is 5.70 Å². The van der Waals surface area contributed by atoms with Gasteiger partial charge in [-0.1, -0.05) is 47.1 Å². The predicted octanol–water partition coefficient (Wildman–Crippen LogP) is 3.47. The monoisotopic (exact) mass is 499 g/mol. The number of carboxylic acids is 1. The number of carbonyl (C=O) groups excluding carboxylic acids is 1. The van der Waals surface area contributed by atoms with E-state index in [1.54, 1.807) is 22.1 Å². The molecule has 2 atom stereocenters. The number of aliphatic hydroxyl groups excluding tert-OH is 1. The smallest absolute Gasteiger partial charge is 0.353 e. The molecule has 8 heteroatoms. The number of hydrogen-bond acceptors (Lipinski definition) is 5. The Hall–Kier alpha value is -2.84. The van der Waals surface area contributed by atoms with Crippen molar-refractivity contribution < 1.29 is 19.8 Å². The van der Waals surface area contributed by atoms with Gasteiger partial charge in [0.2, 0.25) is 0 Å². The number of anilines is 1. The van der Waals surface area contributed by atoms with E-state index in [-0.39, 0.29) is 24.3 Å². The van der Waals surface area contributed by atoms with Crippen molar-refractivity contribution in [3.8, 4) is 0 Å². The summed E-state index contributed by atoms with van der Waals surface area (Å²) in [6, 6.07) is 13.0. The summed E-state index contributed by atoms with van der Waals surface area (Å²) < 4.78 is 0.742. The number of aliphatic carboxylic acids is 1. The molecule has 0 saturated heterocycles. The summed E-state index contributed by atoms with van der Waals surface area (Å²) in [5.41, 5.74) is 5.65. The summed E-state index contributed by atoms with van der Waals surface area (Å²) in [6.45, 7) is 4.17. The molecule has 2 aliphatic rings. The highest BCUT2D eigenvalue weighted by molar-refractivity contribution is 9.10. The van der Waals surface area contributed by atoms with Crippen molar-refractivity contribution in [3.63, 3.8) is 0 Å². The number of benzene rings is 2. The topological polar surface area (TPSA) is 93.1 Å². The summed E-state index contributed by atoms with van der Waals surface area (Å²) in [6.07, 6.45) is 2.90. The first-order valence-electron chi connectivity index (χ1n) is 10.6. The number of hydrogen-bond donors (Lipinski definition) is 3. The second kappa shape index (κ2) is 8.60. The van der Waals surface area contributed by atoms with Crippen molar-refractivity contribution in [1.82, 2.24) is 10.3 Å². The van der Waals surface area contributed by atoms with Gasteiger partial charge in [0.15, 0.2) is 0 Å². The van der Waals surface area contributed by atoms with Crippen LogP contribution in [0, 0.1) is 0 Å². The number of nitrogens with one attached hydrogen (secondary N) is 1. The third-order valence-electron chi connectivity index (χ3n) is 6.40. The zero-order valence-corrected chi connectivity index (χ0v) is 19.6. The first-order valence-corrected chi connectivity index (χ1v) is 11.4. The molecule has 2 aromatic carbocycles. The van der Waals surface area contributed by atoms with E-state index in [1.165, 1.54) is 0 Å². The highest BCUT2D eigenvalue weighted by Crippen LogP contribution is 2.37. The maximum atomic E-state index is 13.8. The Morgan fingerprint density at radius 2 is 1.94 bits per heavy atom. The second-order valence-electron chi connectivity index (χ2n) is 8.42. The molecule has 7 nitrogen and oxygen atoms in total. The molecule has 2 aliphatic heterocycles. The summed E-state index contributed by atoms with van der Waals surface area (Å²) in [4.78, 5) is 27.2. The van der Waals surface area contributed by atoms with Gasteiger partial charge in [-0.3, -0.25) is 15.2 Å². The lowest BCUT2D eigenvalue weighted by atomic mass is 9.93. The van der Waals surface area contributed by atoms with Crippen LogP contribution in [0.25, 0.3) is 0 Å². The van der Waals surface area contributed by atoms with Crippen LogP contribution < -0.4 is 10.4 Å². The van der Waals surface area contributed by atoms with E-state index in [1.807, 2.05) is 50.2 Å². The zero-order valence-electron chi connectivity index (χ0n) is 18.0. The summed E-state index contributed by atoms with van der Waals surface area (Å²) in [7, 11) is 0. The lowest BCUT2D eigenvalue weighted by Crippen LogP contribution is -2.50. The van der Waals surface area contributed by atoms with E-state index in [0.29, 0.717) is 30.6 Å². The van der Waals surface area contributed by atoms with Crippen LogP contribution >= 0.6 is 15.9 Å². The fraction of sp³-hybridized carbons (Fsp3) is 0.333. The number of amides is 1. The van der Waals surface area contributed by atoms with Gasteiger partial charge in [-0.2, -0.15) is 0 Å². The fourth-order valence-electron chi connectivity index (χ4n) is 4.38. The number of fused-ring (bicyclic) bond motifs is 1. The quantitative estimate of drug-likeness (QED) is 0.583. The highest BCUT2D eigenvalue weighted by Gasteiger charge is 2.40. The lowest BCUT2D eigenvalue weighted by Gasteiger charge is -2.39. The summed E-state index contributed by atoms with van der Waals surface area (Å²) >= 11 is 3.47. The van der Waals surface area contributed by atoms with E-state index < -0.39 is 11.5 Å². The van der Waals surface area contributed by atoms with Crippen LogP contribution in [0.4, 0.5) is 5.69 Å². The van der Waals surface area contributed by atoms with Crippen molar-refractivity contribution in [3.05, 3.63) is 75.4 Å². The van der Waals surface area contributed by atoms with Crippen LogP contribution in [-0.2, 0) is 17.8 Å². The molecule has 2 aromatic rings. The molecule has 2 heterocycles. The largest absolute Gasteiger partial charge is 0.477 e. The van der Waals surface area contributed by atoms with Gasteiger partial charge in [0, 0.05) is 11.0 Å². The molecule has 1 amide bonds. The van der Waals surface area contributed by atoms with Crippen LogP contribution in [0.3, 0.4) is 0 Å². The molecule has 4 rings (SSSR count). The van der Waals surface area contributed by atoms with Crippen molar-refractivity contribution in [2.24, 2.45) is 0 Å². The van der Waals surface area contributed by atoms with E-state index in [0.717, 1.165) is 15.6 Å². The number of rotatable bonds is 5. The minimum Gasteiger partial charge on any atom is -0.477 e. The molecule has 168 valence electrons. The standard InChI is InChI=1S/C24H26BrN3O4/c1-3-24(2)12-20(23(31)32)26-28(24)21-9-8-17(25)11-19(21)22(30)27-13-16-7-5-4-6-15(16)10-18(27)14-29/h4-9,11-12,18,26,29H,3,10,13-14H2,1-2H3,(H,31,32). The number of carboxylic acid groups (broad SMARTS) is 1. The molecule has 0 fully saturated rings. The second-order valence-corrected chi connectivity index (χ2v) is 9.34. The van der Waals surface area contributed by atoms with Crippen LogP contribution in [0.5, 0.6) is 0 Å². The van der Waals surface area contributed by atoms with Gasteiger partial charge in [-0.05, 0) is 55.2 Å². The average molecular weight is 500 g/mol. The maximum absolute atomic E-state index is 13.8. The zero-order chi connectivity index (χ0) is 23.0. The average Bonchev–Trinajstić information content (AvgIpc) is 3.15. The van der Waals surface area contributed by atoms with Crippen molar-refractivity contribution in [2.45, 2.75) is 44.8 Å². The number of carbonyl (C=O) groups is 2. The van der Waals surface area contributed by atoms with Crippen LogP contribution in [0.2, 0.25) is 0 Å². The maximum Gasteiger partial charge on any atom is 0.353 e. The normalized spacial score (nSPS) is 22.2. The van der Waals surface area contributed by atoms with Crippen molar-refractivity contribution in [2.75, 3.05) is 11.6 Å². The first kappa shape index (κ1) is 22.4. The molecule has 0 aliphatic carbocycles. The Labute approximate surface area is 195 Å². The minimum absolute atomic E-state index is 0.0794. The van der Waals surface area contributed by atoms with Gasteiger partial charge >= 0.3 is 5.97 Å². The Balaban J connectivity index is 1.74. The molecule has 32 heavy (non-hydrogen) atoms. The molecule has 0 radical (unpaired) electrons. The van der Waals surface area contributed by atoms with Crippen LogP contribution in [0.15, 0.2) is 58.7 Å². The van der Waals surface area contributed by atoms with Crippen molar-refractivity contribution in [1.29, 1.82) is 0 Å². The Morgan fingerprint density at radius 3 is 2.59 bits per heavy atom. The Morgan fingerprint density at radius 1 is 1.22 bits per heavy atom. The minimum atomic E-state index is -1.05. The molecule has 0 aromatic heterocycles.